The van der Waals surface area contributed by atoms with Crippen molar-refractivity contribution >= 4 is 53.0 Å². The molecule has 7 heterocycles. The van der Waals surface area contributed by atoms with E-state index >= 15 is 0 Å². The summed E-state index contributed by atoms with van der Waals surface area (Å²) in [7, 11) is 0. The number of hydrogen-bond donors (Lipinski definition) is 0. The molecule has 0 spiro atoms. The summed E-state index contributed by atoms with van der Waals surface area (Å²) in [4.78, 5) is 42.8. The van der Waals surface area contributed by atoms with Gasteiger partial charge in [0.15, 0.2) is 0 Å². The summed E-state index contributed by atoms with van der Waals surface area (Å²) in [6, 6.07) is 20.9. The molecule has 0 saturated heterocycles. The average Bonchev–Trinajstić information content (AvgIpc) is 4.12. The van der Waals surface area contributed by atoms with Crippen LogP contribution in [0.15, 0.2) is 96.8 Å². The average molecular weight is 1050 g/mol. The smallest absolute Gasteiger partial charge is 0.753 e. The normalized spacial score (nSPS) is 10.4. The Labute approximate surface area is 413 Å². The van der Waals surface area contributed by atoms with Crippen LogP contribution in [0.25, 0.3) is 50.0 Å². The van der Waals surface area contributed by atoms with Crippen molar-refractivity contribution in [3.63, 3.8) is 0 Å². The molecule has 0 amide bonds. The molecule has 0 aliphatic heterocycles. The maximum atomic E-state index is 12.7. The minimum atomic E-state index is -4.50. The SMILES string of the molecule is CCCCCCc1ccc(C#Cc2ccnc(-c3cc(OC=O)cc(-c4cc(OC=O)ccn4)n3)c2)s1.CCCCCCc1ccsc1-c1ccnc(-c2cc(C(F)(F)F)n[n-]2)c1.[N-]=C=S.[Ru+2]. The van der Waals surface area contributed by atoms with E-state index in [9.17, 15) is 22.8 Å². The number of thiophene rings is 2. The Bertz CT molecular complexity index is 2760. The molecule has 0 N–H and O–H groups in total. The number of nitrogens with zero attached hydrogens (tertiary/aromatic N) is 7. The van der Waals surface area contributed by atoms with Crippen molar-refractivity contribution in [2.45, 2.75) is 84.2 Å². The molecule has 7 aromatic rings. The van der Waals surface area contributed by atoms with Gasteiger partial charge in [0.05, 0.1) is 33.3 Å². The summed E-state index contributed by atoms with van der Waals surface area (Å²) in [5.41, 5.74) is 4.46. The fourth-order valence-electron chi connectivity index (χ4n) is 6.46. The second-order valence-electron chi connectivity index (χ2n) is 14.4. The summed E-state index contributed by atoms with van der Waals surface area (Å²) in [5, 5.41) is 17.4. The van der Waals surface area contributed by atoms with Gasteiger partial charge in [0.1, 0.15) is 17.2 Å². The first-order chi connectivity index (χ1) is 32.1. The Hall–Kier alpha value is -6.08. The minimum absolute atomic E-state index is 0. The maximum absolute atomic E-state index is 12.7. The zero-order valence-electron chi connectivity index (χ0n) is 36.4. The third-order valence-electron chi connectivity index (χ3n) is 9.61. The monoisotopic (exact) mass is 1050 g/mol. The number of pyridine rings is 4. The van der Waals surface area contributed by atoms with Crippen LogP contribution in [0.3, 0.4) is 0 Å². The van der Waals surface area contributed by atoms with E-state index < -0.39 is 11.9 Å². The number of hydrogen-bond acceptors (Lipinski definition) is 12. The van der Waals surface area contributed by atoms with Gasteiger partial charge in [0, 0.05) is 52.1 Å². The van der Waals surface area contributed by atoms with Crippen LogP contribution >= 0.6 is 34.9 Å². The van der Waals surface area contributed by atoms with Crippen molar-refractivity contribution in [1.29, 1.82) is 0 Å². The largest absolute Gasteiger partial charge is 2.00 e. The number of aryl methyl sites for hydroxylation is 2. The summed E-state index contributed by atoms with van der Waals surface area (Å²) in [6.45, 7) is 5.09. The molecule has 0 radical (unpaired) electrons. The van der Waals surface area contributed by atoms with Crippen molar-refractivity contribution in [1.82, 2.24) is 30.1 Å². The Morgan fingerprint density at radius 3 is 2.03 bits per heavy atom. The van der Waals surface area contributed by atoms with Gasteiger partial charge in [-0.2, -0.15) is 18.3 Å². The number of ether oxygens (including phenoxy) is 2. The van der Waals surface area contributed by atoms with Crippen LogP contribution in [-0.4, -0.2) is 43.1 Å². The maximum Gasteiger partial charge on any atom is 2.00 e. The second-order valence-corrected chi connectivity index (χ2v) is 16.6. The minimum Gasteiger partial charge on any atom is -0.753 e. The van der Waals surface area contributed by atoms with Crippen LogP contribution in [0, 0.1) is 11.8 Å². The van der Waals surface area contributed by atoms with E-state index in [2.05, 4.69) is 91.6 Å². The van der Waals surface area contributed by atoms with Crippen molar-refractivity contribution in [3.05, 3.63) is 129 Å². The van der Waals surface area contributed by atoms with Crippen LogP contribution in [0.5, 0.6) is 11.5 Å². The first-order valence-electron chi connectivity index (χ1n) is 21.0. The molecule has 0 bridgehead atoms. The van der Waals surface area contributed by atoms with Crippen LogP contribution in [0.4, 0.5) is 13.2 Å². The summed E-state index contributed by atoms with van der Waals surface area (Å²) >= 11 is 7.07. The van der Waals surface area contributed by atoms with Gasteiger partial charge in [-0.25, -0.2) is 4.98 Å². The van der Waals surface area contributed by atoms with E-state index in [1.165, 1.54) is 66.7 Å². The molecule has 0 fully saturated rings. The molecule has 346 valence electrons. The Balaban J connectivity index is 0.000000287. The number of carbonyl (C=O) groups is 2. The Morgan fingerprint density at radius 1 is 0.731 bits per heavy atom. The van der Waals surface area contributed by atoms with E-state index in [4.69, 9.17) is 14.9 Å². The summed E-state index contributed by atoms with van der Waals surface area (Å²) in [5.74, 6) is 7.05. The predicted octanol–water partition coefficient (Wildman–Crippen LogP) is 12.5. The Kier molecular flexibility index (Phi) is 22.5. The number of halogens is 3. The molecule has 18 heteroatoms. The van der Waals surface area contributed by atoms with Gasteiger partial charge >= 0.3 is 25.7 Å². The van der Waals surface area contributed by atoms with Crippen LogP contribution in [0.1, 0.15) is 91.8 Å². The zero-order chi connectivity index (χ0) is 47.2. The molecule has 0 saturated carbocycles. The first-order valence-corrected chi connectivity index (χ1v) is 23.1. The van der Waals surface area contributed by atoms with Gasteiger partial charge in [-0.15, -0.1) is 22.7 Å². The van der Waals surface area contributed by atoms with E-state index in [1.807, 2.05) is 18.2 Å². The molecular formula is C49H44F3N7O4RuS3. The number of isothiocyanates is 1. The summed E-state index contributed by atoms with van der Waals surface area (Å²) < 4.78 is 48.2. The van der Waals surface area contributed by atoms with Crippen LogP contribution < -0.4 is 14.6 Å². The van der Waals surface area contributed by atoms with E-state index in [0.29, 0.717) is 47.2 Å². The number of aromatic nitrogens is 6. The molecule has 0 unspecified atom stereocenters. The molecular weight excluding hydrogens is 1000 g/mol. The molecule has 7 aromatic heterocycles. The fraction of sp³-hybridized carbons (Fsp3) is 0.265. The third kappa shape index (κ3) is 16.9. The number of unbranched alkanes of at least 4 members (excludes halogenated alkanes) is 6. The van der Waals surface area contributed by atoms with Gasteiger partial charge in [-0.05, 0) is 96.8 Å². The van der Waals surface area contributed by atoms with Gasteiger partial charge in [0.25, 0.3) is 12.9 Å². The number of rotatable bonds is 18. The molecule has 0 aliphatic carbocycles. The van der Waals surface area contributed by atoms with Gasteiger partial charge in [0.2, 0.25) is 0 Å². The quantitative estimate of drug-likeness (QED) is 0.0201. The van der Waals surface area contributed by atoms with E-state index in [1.54, 1.807) is 65.4 Å². The molecule has 67 heavy (non-hydrogen) atoms. The Morgan fingerprint density at radius 2 is 1.36 bits per heavy atom. The summed E-state index contributed by atoms with van der Waals surface area (Å²) in [6.07, 6.45) is 12.1. The molecule has 11 nitrogen and oxygen atoms in total. The van der Waals surface area contributed by atoms with Crippen LogP contribution in [-0.2, 0) is 48.1 Å². The van der Waals surface area contributed by atoms with E-state index in [0.717, 1.165) is 46.2 Å². The molecule has 0 atom stereocenters. The van der Waals surface area contributed by atoms with Gasteiger partial charge in [-0.3, -0.25) is 24.5 Å². The van der Waals surface area contributed by atoms with Crippen molar-refractivity contribution in [2.24, 2.45) is 0 Å². The topological polar surface area (TPSA) is 153 Å². The third-order valence-corrected chi connectivity index (χ3v) is 11.7. The van der Waals surface area contributed by atoms with Gasteiger partial charge in [-0.1, -0.05) is 82.1 Å². The van der Waals surface area contributed by atoms with Gasteiger partial charge < -0.3 is 25.1 Å². The number of alkyl halides is 3. The second kappa shape index (κ2) is 28.2. The van der Waals surface area contributed by atoms with Crippen molar-refractivity contribution in [3.8, 4) is 67.9 Å². The van der Waals surface area contributed by atoms with E-state index in [-0.39, 0.29) is 30.9 Å². The first kappa shape index (κ1) is 53.5. The molecule has 0 aliphatic rings. The molecule has 0 aromatic carbocycles. The molecule has 7 rings (SSSR count). The zero-order valence-corrected chi connectivity index (χ0v) is 40.6. The van der Waals surface area contributed by atoms with Crippen molar-refractivity contribution < 1.29 is 51.7 Å². The van der Waals surface area contributed by atoms with Crippen molar-refractivity contribution in [2.75, 3.05) is 0 Å². The predicted molar refractivity (Wildman–Crippen MR) is 255 cm³/mol. The van der Waals surface area contributed by atoms with Crippen LogP contribution in [0.2, 0.25) is 0 Å². The standard InChI is InChI=1S/C29H25N3O4S.C19H19F3N3S.CNS.Ru/c1-2-3-4-5-6-24-9-10-25(37-24)8-7-21-11-13-30-26(15-21)28-17-23(36-20-34)18-29(32-28)27-16-22(35-19-33)12-14-31-27;1-2-3-4-5-6-13-8-10-26-18(13)14-7-9-23-15(11-14)16-12-17(25-24-16)19(20,21)22;2-1-3;/h9-20H,2-6H2,1H3;7-12H,2-6H2,1H3;;/q;2*-1;+2. The number of thiocarbonyl (C=S) groups is 1. The number of carbonyl (C=O) groups excluding carboxylic acids is 2. The fourth-order valence-corrected chi connectivity index (χ4v) is 8.31.